The first kappa shape index (κ1) is 26.8. The Morgan fingerprint density at radius 1 is 1.09 bits per heavy atom. The maximum absolute atomic E-state index is 14.6. The van der Waals surface area contributed by atoms with Gasteiger partial charge in [-0.15, -0.1) is 10.2 Å². The van der Waals surface area contributed by atoms with Crippen molar-refractivity contribution in [2.24, 2.45) is 5.73 Å². The van der Waals surface area contributed by atoms with Crippen LogP contribution < -0.4 is 15.2 Å². The van der Waals surface area contributed by atoms with E-state index in [2.05, 4.69) is 14.7 Å². The predicted molar refractivity (Wildman–Crippen MR) is 128 cm³/mol. The molecule has 2 aromatic carbocycles. The first-order chi connectivity index (χ1) is 15.9. The van der Waals surface area contributed by atoms with Crippen LogP contribution in [0, 0.1) is 5.82 Å². The second kappa shape index (κ2) is 11.3. The summed E-state index contributed by atoms with van der Waals surface area (Å²) in [5.41, 5.74) is 6.69. The zero-order valence-electron chi connectivity index (χ0n) is 17.9. The number of nitrogens with two attached hydrogens (primary N) is 1. The molecule has 0 aliphatic carbocycles. The first-order valence-corrected chi connectivity index (χ1v) is 12.9. The number of benzene rings is 2. The lowest BCUT2D eigenvalue weighted by Gasteiger charge is -2.15. The van der Waals surface area contributed by atoms with Gasteiger partial charge in [0.15, 0.2) is 11.6 Å². The van der Waals surface area contributed by atoms with Gasteiger partial charge in [0.1, 0.15) is 22.4 Å². The molecular formula is C20H21Cl2FN3O6PS. The SMILES string of the molecule is CC(C)Oc1ccc(-c2nnc(-c3cc(F)c(OC[C@H](N)COP(=O)(O)O)cc3Cl)s2)cc1Cl. The topological polar surface area (TPSA) is 137 Å². The van der Waals surface area contributed by atoms with E-state index in [-0.39, 0.29) is 23.5 Å². The van der Waals surface area contributed by atoms with Gasteiger partial charge in [-0.1, -0.05) is 34.5 Å². The van der Waals surface area contributed by atoms with Gasteiger partial charge in [0.25, 0.3) is 0 Å². The smallest absolute Gasteiger partial charge is 0.469 e. The van der Waals surface area contributed by atoms with Crippen molar-refractivity contribution in [3.8, 4) is 32.6 Å². The van der Waals surface area contributed by atoms with E-state index in [1.165, 1.54) is 17.4 Å². The van der Waals surface area contributed by atoms with E-state index in [9.17, 15) is 8.96 Å². The number of rotatable bonds is 10. The van der Waals surface area contributed by atoms with E-state index < -0.39 is 26.3 Å². The number of ether oxygens (including phenoxy) is 2. The molecule has 0 amide bonds. The number of nitrogens with zero attached hydrogens (tertiary/aromatic N) is 2. The highest BCUT2D eigenvalue weighted by atomic mass is 35.5. The molecular weight excluding hydrogens is 531 g/mol. The second-order valence-corrected chi connectivity index (χ2v) is 10.4. The van der Waals surface area contributed by atoms with E-state index in [1.54, 1.807) is 18.2 Å². The molecule has 1 atom stereocenters. The molecule has 0 aliphatic heterocycles. The molecule has 3 rings (SSSR count). The molecule has 0 saturated carbocycles. The van der Waals surface area contributed by atoms with Gasteiger partial charge in [-0.05, 0) is 38.1 Å². The summed E-state index contributed by atoms with van der Waals surface area (Å²) in [5.74, 6) is -0.353. The van der Waals surface area contributed by atoms with E-state index in [4.69, 9.17) is 48.2 Å². The van der Waals surface area contributed by atoms with Crippen LogP contribution in [0.5, 0.6) is 11.5 Å². The Hall–Kier alpha value is -1.82. The Morgan fingerprint density at radius 3 is 2.44 bits per heavy atom. The largest absolute Gasteiger partial charge is 0.489 e. The lowest BCUT2D eigenvalue weighted by atomic mass is 10.2. The molecule has 34 heavy (non-hydrogen) atoms. The minimum atomic E-state index is -4.66. The molecule has 4 N–H and O–H groups in total. The van der Waals surface area contributed by atoms with Crippen molar-refractivity contribution in [2.75, 3.05) is 13.2 Å². The van der Waals surface area contributed by atoms with Gasteiger partial charge in [-0.2, -0.15) is 0 Å². The van der Waals surface area contributed by atoms with Crippen molar-refractivity contribution >= 4 is 42.4 Å². The van der Waals surface area contributed by atoms with E-state index >= 15 is 0 Å². The zero-order chi connectivity index (χ0) is 25.0. The molecule has 1 aromatic heterocycles. The molecule has 184 valence electrons. The highest BCUT2D eigenvalue weighted by Gasteiger charge is 2.19. The van der Waals surface area contributed by atoms with Gasteiger partial charge in [-0.25, -0.2) is 8.96 Å². The molecule has 0 radical (unpaired) electrons. The molecule has 0 fully saturated rings. The Kier molecular flexibility index (Phi) is 8.88. The normalized spacial score (nSPS) is 12.7. The highest BCUT2D eigenvalue weighted by molar-refractivity contribution is 7.46. The maximum atomic E-state index is 14.6. The Balaban J connectivity index is 1.73. The minimum absolute atomic E-state index is 0.0238. The van der Waals surface area contributed by atoms with Gasteiger partial charge in [0, 0.05) is 17.2 Å². The summed E-state index contributed by atoms with van der Waals surface area (Å²) >= 11 is 13.8. The molecule has 0 spiro atoms. The molecule has 3 aromatic rings. The van der Waals surface area contributed by atoms with Crippen molar-refractivity contribution in [3.05, 3.63) is 46.2 Å². The molecule has 0 unspecified atom stereocenters. The van der Waals surface area contributed by atoms with Gasteiger partial charge in [0.05, 0.1) is 28.8 Å². The number of aromatic nitrogens is 2. The average molecular weight is 552 g/mol. The number of phosphoric acid groups is 1. The molecule has 14 heteroatoms. The van der Waals surface area contributed by atoms with Crippen molar-refractivity contribution < 1.29 is 32.7 Å². The third kappa shape index (κ3) is 7.34. The summed E-state index contributed by atoms with van der Waals surface area (Å²) in [7, 11) is -4.66. The van der Waals surface area contributed by atoms with E-state index in [1.807, 2.05) is 13.8 Å². The summed E-state index contributed by atoms with van der Waals surface area (Å²) < 4.78 is 40.5. The van der Waals surface area contributed by atoms with Crippen LogP contribution in [0.25, 0.3) is 21.1 Å². The average Bonchev–Trinajstić information content (AvgIpc) is 3.23. The summed E-state index contributed by atoms with van der Waals surface area (Å²) in [5, 5.41) is 9.79. The van der Waals surface area contributed by atoms with Crippen LogP contribution in [-0.4, -0.2) is 45.3 Å². The zero-order valence-corrected chi connectivity index (χ0v) is 21.2. The summed E-state index contributed by atoms with van der Waals surface area (Å²) in [6.07, 6.45) is -0.0238. The lowest BCUT2D eigenvalue weighted by Crippen LogP contribution is -2.32. The van der Waals surface area contributed by atoms with Crippen molar-refractivity contribution in [1.82, 2.24) is 10.2 Å². The first-order valence-electron chi connectivity index (χ1n) is 9.81. The predicted octanol–water partition coefficient (Wildman–Crippen LogP) is 4.92. The van der Waals surface area contributed by atoms with Crippen molar-refractivity contribution in [3.63, 3.8) is 0 Å². The molecule has 0 saturated heterocycles. The van der Waals surface area contributed by atoms with E-state index in [0.29, 0.717) is 31.9 Å². The van der Waals surface area contributed by atoms with Gasteiger partial charge in [-0.3, -0.25) is 4.52 Å². The molecule has 9 nitrogen and oxygen atoms in total. The quantitative estimate of drug-likeness (QED) is 0.299. The Morgan fingerprint density at radius 2 is 1.79 bits per heavy atom. The molecule has 1 heterocycles. The minimum Gasteiger partial charge on any atom is -0.489 e. The van der Waals surface area contributed by atoms with Gasteiger partial charge >= 0.3 is 7.82 Å². The summed E-state index contributed by atoms with van der Waals surface area (Å²) in [4.78, 5) is 17.4. The van der Waals surface area contributed by atoms with Crippen molar-refractivity contribution in [2.45, 2.75) is 26.0 Å². The van der Waals surface area contributed by atoms with Gasteiger partial charge in [0.2, 0.25) is 0 Å². The van der Waals surface area contributed by atoms with Crippen LogP contribution in [0.15, 0.2) is 30.3 Å². The summed E-state index contributed by atoms with van der Waals surface area (Å²) in [6, 6.07) is 6.77. The monoisotopic (exact) mass is 551 g/mol. The maximum Gasteiger partial charge on any atom is 0.469 e. The van der Waals surface area contributed by atoms with Crippen LogP contribution in [0.4, 0.5) is 4.39 Å². The number of hydrogen-bond donors (Lipinski definition) is 3. The highest BCUT2D eigenvalue weighted by Crippen LogP contribution is 2.39. The van der Waals surface area contributed by atoms with Crippen molar-refractivity contribution in [1.29, 1.82) is 0 Å². The fourth-order valence-corrected chi connectivity index (χ4v) is 4.45. The standard InChI is InChI=1S/C20H21Cl2FN3O6PS/c1-10(2)32-17-4-3-11(5-15(17)22)19-25-26-20(34-19)13-6-16(23)18(7-14(13)21)30-8-12(24)9-31-33(27,28)29/h3-7,10,12H,8-9,24H2,1-2H3,(H2,27,28,29)/t12-/m0/s1. The van der Waals surface area contributed by atoms with Crippen LogP contribution >= 0.6 is 42.4 Å². The molecule has 0 aliphatic rings. The fourth-order valence-electron chi connectivity index (χ4n) is 2.67. The molecule has 0 bridgehead atoms. The van der Waals surface area contributed by atoms with Gasteiger partial charge < -0.3 is 25.0 Å². The Labute approximate surface area is 208 Å². The summed E-state index contributed by atoms with van der Waals surface area (Å²) in [6.45, 7) is 3.07. The fraction of sp³-hybridized carbons (Fsp3) is 0.300. The van der Waals surface area contributed by atoms with Crippen LogP contribution in [0.3, 0.4) is 0 Å². The van der Waals surface area contributed by atoms with Crippen LogP contribution in [-0.2, 0) is 9.09 Å². The number of hydrogen-bond acceptors (Lipinski definition) is 8. The van der Waals surface area contributed by atoms with E-state index in [0.717, 1.165) is 6.07 Å². The number of halogens is 3. The Bertz CT molecular complexity index is 1210. The lowest BCUT2D eigenvalue weighted by molar-refractivity contribution is 0.164. The third-order valence-corrected chi connectivity index (χ3v) is 6.23. The second-order valence-electron chi connectivity index (χ2n) is 7.34. The van der Waals surface area contributed by atoms with Crippen LogP contribution in [0.1, 0.15) is 13.8 Å². The van der Waals surface area contributed by atoms with Crippen LogP contribution in [0.2, 0.25) is 10.0 Å². The number of phosphoric ester groups is 1. The third-order valence-electron chi connectivity index (χ3n) is 4.13.